The number of esters is 1. The highest BCUT2D eigenvalue weighted by molar-refractivity contribution is 6.42. The van der Waals surface area contributed by atoms with Crippen LogP contribution < -0.4 is 10.4 Å². The maximum atomic E-state index is 12.5. The quantitative estimate of drug-likeness (QED) is 0.523. The molecule has 0 bridgehead atoms. The van der Waals surface area contributed by atoms with E-state index in [0.717, 1.165) is 5.52 Å². The van der Waals surface area contributed by atoms with E-state index < -0.39 is 5.97 Å². The Morgan fingerprint density at radius 3 is 2.33 bits per heavy atom. The SMILES string of the molecule is CCn1c(=O)n(CC(=O)Oc2ccc(Cl)c(Cl)c2)c2ccccc21. The first-order valence-corrected chi connectivity index (χ1v) is 8.10. The van der Waals surface area contributed by atoms with Gasteiger partial charge in [0.05, 0.1) is 21.1 Å². The Labute approximate surface area is 148 Å². The summed E-state index contributed by atoms with van der Waals surface area (Å²) in [5, 5.41) is 0.667. The molecule has 0 N–H and O–H groups in total. The van der Waals surface area contributed by atoms with E-state index in [4.69, 9.17) is 27.9 Å². The predicted molar refractivity (Wildman–Crippen MR) is 94.0 cm³/mol. The molecule has 0 aliphatic rings. The molecule has 0 amide bonds. The molecular formula is C17H14Cl2N2O3. The second-order valence-electron chi connectivity index (χ2n) is 5.15. The molecule has 7 heteroatoms. The number of benzene rings is 2. The van der Waals surface area contributed by atoms with Crippen LogP contribution in [0.15, 0.2) is 47.3 Å². The first kappa shape index (κ1) is 16.6. The van der Waals surface area contributed by atoms with Crippen molar-refractivity contribution in [2.45, 2.75) is 20.0 Å². The van der Waals surface area contributed by atoms with Gasteiger partial charge in [0.1, 0.15) is 12.3 Å². The number of aryl methyl sites for hydroxylation is 1. The van der Waals surface area contributed by atoms with Crippen LogP contribution in [0.25, 0.3) is 11.0 Å². The van der Waals surface area contributed by atoms with Gasteiger partial charge < -0.3 is 4.74 Å². The topological polar surface area (TPSA) is 53.2 Å². The van der Waals surface area contributed by atoms with E-state index in [1.807, 2.05) is 25.1 Å². The van der Waals surface area contributed by atoms with Crippen molar-refractivity contribution in [1.29, 1.82) is 0 Å². The molecule has 0 fully saturated rings. The fourth-order valence-electron chi connectivity index (χ4n) is 2.56. The van der Waals surface area contributed by atoms with Crippen LogP contribution in [0.3, 0.4) is 0 Å². The highest BCUT2D eigenvalue weighted by atomic mass is 35.5. The van der Waals surface area contributed by atoms with Gasteiger partial charge in [0.15, 0.2) is 0 Å². The Kier molecular flexibility index (Phi) is 4.64. The largest absolute Gasteiger partial charge is 0.425 e. The molecule has 2 aromatic carbocycles. The van der Waals surface area contributed by atoms with Gasteiger partial charge in [-0.1, -0.05) is 35.3 Å². The first-order chi connectivity index (χ1) is 11.5. The number of carbonyl (C=O) groups excluding carboxylic acids is 1. The van der Waals surface area contributed by atoms with Gasteiger partial charge in [-0.05, 0) is 31.2 Å². The zero-order valence-corrected chi connectivity index (χ0v) is 14.3. The minimum absolute atomic E-state index is 0.188. The average molecular weight is 365 g/mol. The van der Waals surface area contributed by atoms with Crippen LogP contribution in [0, 0.1) is 0 Å². The number of ether oxygens (including phenoxy) is 1. The molecule has 24 heavy (non-hydrogen) atoms. The van der Waals surface area contributed by atoms with Crippen LogP contribution in [0.4, 0.5) is 0 Å². The molecule has 124 valence electrons. The number of nitrogens with zero attached hydrogens (tertiary/aromatic N) is 2. The van der Waals surface area contributed by atoms with Crippen LogP contribution in [-0.4, -0.2) is 15.1 Å². The predicted octanol–water partition coefficient (Wildman–Crippen LogP) is 3.74. The highest BCUT2D eigenvalue weighted by Crippen LogP contribution is 2.26. The molecule has 0 unspecified atom stereocenters. The molecule has 3 rings (SSSR count). The van der Waals surface area contributed by atoms with Crippen LogP contribution in [0.5, 0.6) is 5.75 Å². The maximum Gasteiger partial charge on any atom is 0.331 e. The molecule has 0 radical (unpaired) electrons. The van der Waals surface area contributed by atoms with E-state index in [9.17, 15) is 9.59 Å². The van der Waals surface area contributed by atoms with E-state index in [2.05, 4.69) is 0 Å². The molecule has 5 nitrogen and oxygen atoms in total. The van der Waals surface area contributed by atoms with Crippen molar-refractivity contribution in [3.05, 3.63) is 63.0 Å². The molecule has 1 heterocycles. The molecule has 0 atom stereocenters. The third kappa shape index (κ3) is 3.05. The zero-order chi connectivity index (χ0) is 17.3. The molecule has 0 saturated heterocycles. The van der Waals surface area contributed by atoms with Crippen LogP contribution >= 0.6 is 23.2 Å². The molecule has 0 saturated carbocycles. The summed E-state index contributed by atoms with van der Waals surface area (Å²) in [5.74, 6) is -0.281. The summed E-state index contributed by atoms with van der Waals surface area (Å²) in [6, 6.07) is 11.9. The van der Waals surface area contributed by atoms with Crippen molar-refractivity contribution in [1.82, 2.24) is 9.13 Å². The normalized spacial score (nSPS) is 11.0. The van der Waals surface area contributed by atoms with Crippen LogP contribution in [-0.2, 0) is 17.9 Å². The fraction of sp³-hybridized carbons (Fsp3) is 0.176. The van der Waals surface area contributed by atoms with Gasteiger partial charge in [-0.2, -0.15) is 0 Å². The third-order valence-electron chi connectivity index (χ3n) is 3.65. The van der Waals surface area contributed by atoms with Gasteiger partial charge in [0.2, 0.25) is 0 Å². The Balaban J connectivity index is 1.89. The lowest BCUT2D eigenvalue weighted by atomic mass is 10.3. The lowest BCUT2D eigenvalue weighted by molar-refractivity contribution is -0.135. The van der Waals surface area contributed by atoms with Crippen molar-refractivity contribution in [2.75, 3.05) is 0 Å². The summed E-state index contributed by atoms with van der Waals surface area (Å²) in [7, 11) is 0. The number of halogens is 2. The van der Waals surface area contributed by atoms with E-state index in [-0.39, 0.29) is 18.0 Å². The summed E-state index contributed by atoms with van der Waals surface area (Å²) < 4.78 is 8.26. The maximum absolute atomic E-state index is 12.5. The second kappa shape index (κ2) is 6.71. The average Bonchev–Trinajstić information content (AvgIpc) is 2.83. The van der Waals surface area contributed by atoms with E-state index in [0.29, 0.717) is 22.1 Å². The zero-order valence-electron chi connectivity index (χ0n) is 12.8. The molecular weight excluding hydrogens is 351 g/mol. The van der Waals surface area contributed by atoms with E-state index in [1.54, 1.807) is 22.8 Å². The smallest absolute Gasteiger partial charge is 0.331 e. The van der Waals surface area contributed by atoms with Crippen molar-refractivity contribution in [3.63, 3.8) is 0 Å². The summed E-state index contributed by atoms with van der Waals surface area (Å²) in [6.07, 6.45) is 0. The summed E-state index contributed by atoms with van der Waals surface area (Å²) >= 11 is 11.7. The van der Waals surface area contributed by atoms with Crippen molar-refractivity contribution in [3.8, 4) is 5.75 Å². The van der Waals surface area contributed by atoms with E-state index in [1.165, 1.54) is 10.6 Å². The van der Waals surface area contributed by atoms with Gasteiger partial charge in [0, 0.05) is 12.6 Å². The van der Waals surface area contributed by atoms with Gasteiger partial charge in [-0.3, -0.25) is 9.13 Å². The number of hydrogen-bond donors (Lipinski definition) is 0. The van der Waals surface area contributed by atoms with Crippen molar-refractivity contribution < 1.29 is 9.53 Å². The van der Waals surface area contributed by atoms with E-state index >= 15 is 0 Å². The van der Waals surface area contributed by atoms with Gasteiger partial charge in [-0.15, -0.1) is 0 Å². The van der Waals surface area contributed by atoms with Crippen molar-refractivity contribution >= 4 is 40.2 Å². The Morgan fingerprint density at radius 2 is 1.71 bits per heavy atom. The minimum Gasteiger partial charge on any atom is -0.425 e. The van der Waals surface area contributed by atoms with Crippen LogP contribution in [0.1, 0.15) is 6.92 Å². The lowest BCUT2D eigenvalue weighted by Gasteiger charge is -2.06. The van der Waals surface area contributed by atoms with Gasteiger partial charge >= 0.3 is 11.7 Å². The molecule has 3 aromatic rings. The summed E-state index contributed by atoms with van der Waals surface area (Å²) in [6.45, 7) is 2.22. The van der Waals surface area contributed by atoms with Crippen molar-refractivity contribution in [2.24, 2.45) is 0 Å². The number of imidazole rings is 1. The Morgan fingerprint density at radius 1 is 1.04 bits per heavy atom. The number of aromatic nitrogens is 2. The monoisotopic (exact) mass is 364 g/mol. The number of fused-ring (bicyclic) bond motifs is 1. The highest BCUT2D eigenvalue weighted by Gasteiger charge is 2.15. The summed E-state index contributed by atoms with van der Waals surface area (Å²) in [5.41, 5.74) is 1.23. The molecule has 0 aliphatic carbocycles. The molecule has 0 aliphatic heterocycles. The number of para-hydroxylation sites is 2. The minimum atomic E-state index is -0.561. The van der Waals surface area contributed by atoms with Crippen LogP contribution in [0.2, 0.25) is 10.0 Å². The number of rotatable bonds is 4. The van der Waals surface area contributed by atoms with Gasteiger partial charge in [-0.25, -0.2) is 9.59 Å². The molecule has 0 spiro atoms. The number of carbonyl (C=O) groups is 1. The second-order valence-corrected chi connectivity index (χ2v) is 5.97. The van der Waals surface area contributed by atoms with Gasteiger partial charge in [0.25, 0.3) is 0 Å². The lowest BCUT2D eigenvalue weighted by Crippen LogP contribution is -2.28. The standard InChI is InChI=1S/C17H14Cl2N2O3/c1-2-20-14-5-3-4-6-15(14)21(17(20)23)10-16(22)24-11-7-8-12(18)13(19)9-11/h3-9H,2,10H2,1H3. The fourth-order valence-corrected chi connectivity index (χ4v) is 2.85. The third-order valence-corrected chi connectivity index (χ3v) is 4.39. The molecule has 1 aromatic heterocycles. The number of hydrogen-bond acceptors (Lipinski definition) is 3. The summed E-state index contributed by atoms with van der Waals surface area (Å²) in [4.78, 5) is 24.7. The first-order valence-electron chi connectivity index (χ1n) is 7.35. The Hall–Kier alpha value is -2.24. The Bertz CT molecular complexity index is 976.